The highest BCUT2D eigenvalue weighted by Crippen LogP contribution is 2.15. The van der Waals surface area contributed by atoms with Crippen molar-refractivity contribution in [2.24, 2.45) is 0 Å². The minimum absolute atomic E-state index is 0.162. The Hall–Kier alpha value is -3.93. The lowest BCUT2D eigenvalue weighted by Crippen LogP contribution is -2.32. The van der Waals surface area contributed by atoms with Gasteiger partial charge in [0.15, 0.2) is 0 Å². The van der Waals surface area contributed by atoms with Crippen LogP contribution in [0.4, 0.5) is 5.69 Å². The van der Waals surface area contributed by atoms with Crippen LogP contribution in [0, 0.1) is 0 Å². The molecule has 0 aliphatic carbocycles. The van der Waals surface area contributed by atoms with Gasteiger partial charge in [-0.15, -0.1) is 0 Å². The van der Waals surface area contributed by atoms with Gasteiger partial charge in [-0.3, -0.25) is 4.79 Å². The minimum atomic E-state index is -0.396. The standard InChI is InChI=1S/C25H23NO5/c27-19-20-11-13-23(14-12-20)26(15-17-30-24(28)21-7-3-1-4-8-21)16-18-31-25(29)22-9-5-2-6-10-22/h1-14,19H,15-18H2. The van der Waals surface area contributed by atoms with Gasteiger partial charge in [-0.25, -0.2) is 9.59 Å². The molecule has 0 atom stereocenters. The first-order valence-electron chi connectivity index (χ1n) is 9.92. The smallest absolute Gasteiger partial charge is 0.338 e. The van der Waals surface area contributed by atoms with Crippen LogP contribution in [-0.2, 0) is 9.47 Å². The summed E-state index contributed by atoms with van der Waals surface area (Å²) < 4.78 is 10.8. The summed E-state index contributed by atoms with van der Waals surface area (Å²) in [6.45, 7) is 1.13. The highest BCUT2D eigenvalue weighted by Gasteiger charge is 2.12. The first kappa shape index (κ1) is 21.8. The molecule has 0 radical (unpaired) electrons. The van der Waals surface area contributed by atoms with Gasteiger partial charge in [0.05, 0.1) is 24.2 Å². The molecule has 0 aliphatic heterocycles. The predicted molar refractivity (Wildman–Crippen MR) is 117 cm³/mol. The summed E-state index contributed by atoms with van der Waals surface area (Å²) in [5, 5.41) is 0. The summed E-state index contributed by atoms with van der Waals surface area (Å²) in [5.74, 6) is -0.792. The Morgan fingerprint density at radius 2 is 1.13 bits per heavy atom. The lowest BCUT2D eigenvalue weighted by molar-refractivity contribution is 0.0504. The van der Waals surface area contributed by atoms with E-state index in [1.54, 1.807) is 60.7 Å². The quantitative estimate of drug-likeness (QED) is 0.366. The van der Waals surface area contributed by atoms with Gasteiger partial charge >= 0.3 is 11.9 Å². The van der Waals surface area contributed by atoms with Crippen LogP contribution in [0.1, 0.15) is 31.1 Å². The Morgan fingerprint density at radius 3 is 1.55 bits per heavy atom. The molecular formula is C25H23NO5. The molecule has 0 saturated carbocycles. The number of ether oxygens (including phenoxy) is 2. The molecule has 0 heterocycles. The lowest BCUT2D eigenvalue weighted by atomic mass is 10.2. The summed E-state index contributed by atoms with van der Waals surface area (Å²) in [4.78, 5) is 37.2. The molecule has 0 bridgehead atoms. The van der Waals surface area contributed by atoms with Gasteiger partial charge in [0.2, 0.25) is 0 Å². The molecule has 6 heteroatoms. The minimum Gasteiger partial charge on any atom is -0.460 e. The van der Waals surface area contributed by atoms with Crippen LogP contribution in [0.25, 0.3) is 0 Å². The van der Waals surface area contributed by atoms with E-state index in [0.717, 1.165) is 12.0 Å². The molecule has 0 fully saturated rings. The van der Waals surface area contributed by atoms with Crippen LogP contribution in [-0.4, -0.2) is 44.5 Å². The van der Waals surface area contributed by atoms with Crippen LogP contribution in [0.3, 0.4) is 0 Å². The molecule has 0 N–H and O–H groups in total. The highest BCUT2D eigenvalue weighted by molar-refractivity contribution is 5.89. The Morgan fingerprint density at radius 1 is 0.677 bits per heavy atom. The zero-order valence-corrected chi connectivity index (χ0v) is 17.0. The van der Waals surface area contributed by atoms with Crippen molar-refractivity contribution >= 4 is 23.9 Å². The number of carbonyl (C=O) groups excluding carboxylic acids is 3. The zero-order chi connectivity index (χ0) is 21.9. The topological polar surface area (TPSA) is 72.9 Å². The fourth-order valence-corrected chi connectivity index (χ4v) is 2.95. The van der Waals surface area contributed by atoms with Crippen LogP contribution in [0.15, 0.2) is 84.9 Å². The Kier molecular flexibility index (Phi) is 7.94. The van der Waals surface area contributed by atoms with E-state index in [4.69, 9.17) is 9.47 Å². The molecule has 31 heavy (non-hydrogen) atoms. The van der Waals surface area contributed by atoms with Crippen LogP contribution in [0.5, 0.6) is 0 Å². The number of hydrogen-bond donors (Lipinski definition) is 0. The molecule has 3 aromatic rings. The van der Waals surface area contributed by atoms with Crippen molar-refractivity contribution in [1.29, 1.82) is 0 Å². The van der Waals surface area contributed by atoms with E-state index >= 15 is 0 Å². The number of benzene rings is 3. The van der Waals surface area contributed by atoms with E-state index in [9.17, 15) is 14.4 Å². The zero-order valence-electron chi connectivity index (χ0n) is 17.0. The van der Waals surface area contributed by atoms with E-state index < -0.39 is 11.9 Å². The number of carbonyl (C=O) groups is 3. The third kappa shape index (κ3) is 6.54. The van der Waals surface area contributed by atoms with Gasteiger partial charge in [0.1, 0.15) is 19.5 Å². The Labute approximate surface area is 181 Å². The lowest BCUT2D eigenvalue weighted by Gasteiger charge is -2.24. The maximum absolute atomic E-state index is 12.2. The van der Waals surface area contributed by atoms with Crippen molar-refractivity contribution in [3.8, 4) is 0 Å². The van der Waals surface area contributed by atoms with Crippen molar-refractivity contribution in [2.75, 3.05) is 31.2 Å². The van der Waals surface area contributed by atoms with Gasteiger partial charge < -0.3 is 14.4 Å². The van der Waals surface area contributed by atoms with Crippen molar-refractivity contribution < 1.29 is 23.9 Å². The molecular weight excluding hydrogens is 394 g/mol. The molecule has 158 valence electrons. The molecule has 0 saturated heterocycles. The summed E-state index contributed by atoms with van der Waals surface area (Å²) >= 11 is 0. The number of hydrogen-bond acceptors (Lipinski definition) is 6. The second-order valence-electron chi connectivity index (χ2n) is 6.70. The van der Waals surface area contributed by atoms with Gasteiger partial charge in [-0.05, 0) is 48.5 Å². The van der Waals surface area contributed by atoms with E-state index in [-0.39, 0.29) is 13.2 Å². The number of esters is 2. The summed E-state index contributed by atoms with van der Waals surface area (Å²) in [5.41, 5.74) is 2.37. The first-order chi connectivity index (χ1) is 15.2. The molecule has 0 amide bonds. The predicted octanol–water partition coefficient (Wildman–Crippen LogP) is 4.02. The average Bonchev–Trinajstić information content (AvgIpc) is 2.84. The second kappa shape index (κ2) is 11.3. The summed E-state index contributed by atoms with van der Waals surface area (Å²) in [6, 6.07) is 24.6. The molecule has 3 aromatic carbocycles. The normalized spacial score (nSPS) is 10.2. The fourth-order valence-electron chi connectivity index (χ4n) is 2.95. The molecule has 6 nitrogen and oxygen atoms in total. The SMILES string of the molecule is O=Cc1ccc(N(CCOC(=O)c2ccccc2)CCOC(=O)c2ccccc2)cc1. The third-order valence-electron chi connectivity index (χ3n) is 4.60. The Balaban J connectivity index is 1.58. The van der Waals surface area contributed by atoms with Crippen molar-refractivity contribution in [2.45, 2.75) is 0 Å². The Bertz CT molecular complexity index is 930. The number of rotatable bonds is 10. The fraction of sp³-hybridized carbons (Fsp3) is 0.160. The molecule has 0 aromatic heterocycles. The van der Waals surface area contributed by atoms with Crippen molar-refractivity contribution in [1.82, 2.24) is 0 Å². The number of nitrogens with zero attached hydrogens (tertiary/aromatic N) is 1. The number of anilines is 1. The summed E-state index contributed by atoms with van der Waals surface area (Å²) in [7, 11) is 0. The molecule has 3 rings (SSSR count). The number of aldehydes is 1. The molecule has 0 aliphatic rings. The van der Waals surface area contributed by atoms with E-state index in [1.165, 1.54) is 0 Å². The largest absolute Gasteiger partial charge is 0.460 e. The van der Waals surface area contributed by atoms with Gasteiger partial charge in [-0.1, -0.05) is 36.4 Å². The maximum atomic E-state index is 12.2. The van der Waals surface area contributed by atoms with Gasteiger partial charge in [0, 0.05) is 11.3 Å². The van der Waals surface area contributed by atoms with Crippen LogP contribution >= 0.6 is 0 Å². The molecule has 0 spiro atoms. The van der Waals surface area contributed by atoms with E-state index in [1.807, 2.05) is 29.2 Å². The monoisotopic (exact) mass is 417 g/mol. The van der Waals surface area contributed by atoms with E-state index in [0.29, 0.717) is 29.8 Å². The second-order valence-corrected chi connectivity index (χ2v) is 6.70. The van der Waals surface area contributed by atoms with Gasteiger partial charge in [0.25, 0.3) is 0 Å². The van der Waals surface area contributed by atoms with Crippen LogP contribution < -0.4 is 4.90 Å². The first-order valence-corrected chi connectivity index (χ1v) is 9.92. The average molecular weight is 417 g/mol. The highest BCUT2D eigenvalue weighted by atomic mass is 16.5. The van der Waals surface area contributed by atoms with Gasteiger partial charge in [-0.2, -0.15) is 0 Å². The molecule has 0 unspecified atom stereocenters. The summed E-state index contributed by atoms with van der Waals surface area (Å²) in [6.07, 6.45) is 0.775. The van der Waals surface area contributed by atoms with Crippen molar-refractivity contribution in [3.05, 3.63) is 102 Å². The maximum Gasteiger partial charge on any atom is 0.338 e. The van der Waals surface area contributed by atoms with Crippen LogP contribution in [0.2, 0.25) is 0 Å². The third-order valence-corrected chi connectivity index (χ3v) is 4.60. The van der Waals surface area contributed by atoms with Crippen molar-refractivity contribution in [3.63, 3.8) is 0 Å². The van der Waals surface area contributed by atoms with E-state index in [2.05, 4.69) is 0 Å².